The predicted molar refractivity (Wildman–Crippen MR) is 101 cm³/mol. The van der Waals surface area contributed by atoms with E-state index < -0.39 is 0 Å². The monoisotopic (exact) mass is 420 g/mol. The molecule has 22 heavy (non-hydrogen) atoms. The Hall–Kier alpha value is -0.860. The molecule has 0 radical (unpaired) electrons. The first-order chi connectivity index (χ1) is 10.2. The van der Waals surface area contributed by atoms with Crippen LogP contribution in [0, 0.1) is 0 Å². The van der Waals surface area contributed by atoms with Gasteiger partial charge in [-0.3, -0.25) is 4.99 Å². The summed E-state index contributed by atoms with van der Waals surface area (Å²) >= 11 is 0. The zero-order valence-corrected chi connectivity index (χ0v) is 16.3. The van der Waals surface area contributed by atoms with E-state index in [-0.39, 0.29) is 24.0 Å². The summed E-state index contributed by atoms with van der Waals surface area (Å²) in [6.45, 7) is 10.4. The fourth-order valence-corrected chi connectivity index (χ4v) is 2.49. The van der Waals surface area contributed by atoms with E-state index in [0.717, 1.165) is 50.8 Å². The minimum Gasteiger partial charge on any atom is -0.354 e. The molecule has 1 N–H and O–H groups in total. The van der Waals surface area contributed by atoms with Crippen LogP contribution in [0.1, 0.15) is 45.9 Å². The molecule has 1 aromatic heterocycles. The number of likely N-dealkylation sites (tertiary alicyclic amines) is 1. The van der Waals surface area contributed by atoms with Gasteiger partial charge in [-0.05, 0) is 26.2 Å². The van der Waals surface area contributed by atoms with Gasteiger partial charge in [0.2, 0.25) is 0 Å². The van der Waals surface area contributed by atoms with Crippen LogP contribution in [0.3, 0.4) is 0 Å². The molecule has 1 saturated heterocycles. The van der Waals surface area contributed by atoms with Gasteiger partial charge >= 0.3 is 0 Å². The lowest BCUT2D eigenvalue weighted by Gasteiger charge is -2.24. The highest BCUT2D eigenvalue weighted by Gasteiger charge is 2.17. The number of guanidine groups is 1. The highest BCUT2D eigenvalue weighted by molar-refractivity contribution is 14.0. The molecule has 0 bridgehead atoms. The highest BCUT2D eigenvalue weighted by Crippen LogP contribution is 2.08. The van der Waals surface area contributed by atoms with E-state index in [1.54, 1.807) is 6.33 Å². The Morgan fingerprint density at radius 3 is 2.73 bits per heavy atom. The molecule has 6 nitrogen and oxygen atoms in total. The Balaban J connectivity index is 0.00000242. The van der Waals surface area contributed by atoms with Crippen LogP contribution < -0.4 is 5.32 Å². The van der Waals surface area contributed by atoms with E-state index in [2.05, 4.69) is 45.8 Å². The fraction of sp³-hybridized carbons (Fsp3) is 0.800. The van der Waals surface area contributed by atoms with Crippen molar-refractivity contribution in [3.05, 3.63) is 12.2 Å². The summed E-state index contributed by atoms with van der Waals surface area (Å²) in [6, 6.07) is 0.463. The molecule has 2 heterocycles. The Morgan fingerprint density at radius 1 is 1.36 bits per heavy atom. The number of hydrogen-bond acceptors (Lipinski definition) is 3. The highest BCUT2D eigenvalue weighted by atomic mass is 127. The minimum atomic E-state index is 0. The van der Waals surface area contributed by atoms with Gasteiger partial charge in [0.05, 0.1) is 6.54 Å². The topological polar surface area (TPSA) is 58.3 Å². The zero-order chi connectivity index (χ0) is 15.1. The summed E-state index contributed by atoms with van der Waals surface area (Å²) in [4.78, 5) is 7.17. The molecule has 0 amide bonds. The summed E-state index contributed by atoms with van der Waals surface area (Å²) in [5.74, 6) is 2.09. The smallest absolute Gasteiger partial charge is 0.194 e. The van der Waals surface area contributed by atoms with E-state index in [9.17, 15) is 0 Å². The van der Waals surface area contributed by atoms with Crippen LogP contribution in [0.5, 0.6) is 0 Å². The second kappa shape index (κ2) is 10.0. The number of nitrogens with zero attached hydrogens (tertiary/aromatic N) is 5. The van der Waals surface area contributed by atoms with Crippen LogP contribution in [0.2, 0.25) is 0 Å². The molecule has 1 unspecified atom stereocenters. The lowest BCUT2D eigenvalue weighted by Crippen LogP contribution is -2.43. The Labute approximate surface area is 150 Å². The van der Waals surface area contributed by atoms with Crippen molar-refractivity contribution in [3.8, 4) is 0 Å². The lowest BCUT2D eigenvalue weighted by molar-refractivity contribution is 0.471. The summed E-state index contributed by atoms with van der Waals surface area (Å²) in [7, 11) is 0. The molecule has 1 aliphatic heterocycles. The molecule has 0 aromatic carbocycles. The fourth-order valence-electron chi connectivity index (χ4n) is 2.49. The third kappa shape index (κ3) is 5.40. The summed E-state index contributed by atoms with van der Waals surface area (Å²) < 4.78 is 2.09. The van der Waals surface area contributed by atoms with Gasteiger partial charge in [0.1, 0.15) is 12.2 Å². The van der Waals surface area contributed by atoms with Crippen LogP contribution in [0.4, 0.5) is 0 Å². The first kappa shape index (κ1) is 19.2. The van der Waals surface area contributed by atoms with E-state index in [4.69, 9.17) is 4.99 Å². The van der Waals surface area contributed by atoms with Gasteiger partial charge in [0.15, 0.2) is 5.96 Å². The van der Waals surface area contributed by atoms with Gasteiger partial charge in [0.25, 0.3) is 0 Å². The normalized spacial score (nSPS) is 16.5. The number of rotatable bonds is 6. The number of nitrogens with one attached hydrogen (secondary N) is 1. The van der Waals surface area contributed by atoms with Crippen LogP contribution in [0.15, 0.2) is 11.3 Å². The maximum Gasteiger partial charge on any atom is 0.194 e. The molecule has 7 heteroatoms. The van der Waals surface area contributed by atoms with Crippen molar-refractivity contribution in [3.63, 3.8) is 0 Å². The molecule has 1 fully saturated rings. The molecule has 2 rings (SSSR count). The quantitative estimate of drug-likeness (QED) is 0.436. The third-order valence-electron chi connectivity index (χ3n) is 4.01. The second-order valence-corrected chi connectivity index (χ2v) is 5.65. The molecule has 0 spiro atoms. The largest absolute Gasteiger partial charge is 0.354 e. The van der Waals surface area contributed by atoms with Crippen LogP contribution >= 0.6 is 24.0 Å². The summed E-state index contributed by atoms with van der Waals surface area (Å²) in [5, 5.41) is 11.6. The molecule has 1 atom stereocenters. The molecular weight excluding hydrogens is 391 g/mol. The van der Waals surface area contributed by atoms with Crippen LogP contribution in [0.25, 0.3) is 0 Å². The van der Waals surface area contributed by atoms with Gasteiger partial charge in [-0.2, -0.15) is 0 Å². The van der Waals surface area contributed by atoms with Gasteiger partial charge in [-0.1, -0.05) is 13.8 Å². The maximum absolute atomic E-state index is 4.80. The van der Waals surface area contributed by atoms with Gasteiger partial charge < -0.3 is 14.8 Å². The van der Waals surface area contributed by atoms with Gasteiger partial charge in [-0.15, -0.1) is 34.2 Å². The van der Waals surface area contributed by atoms with Crippen molar-refractivity contribution >= 4 is 29.9 Å². The van der Waals surface area contributed by atoms with Crippen LogP contribution in [-0.4, -0.2) is 51.3 Å². The van der Waals surface area contributed by atoms with E-state index >= 15 is 0 Å². The van der Waals surface area contributed by atoms with Crippen molar-refractivity contribution in [2.45, 2.75) is 59.0 Å². The molecule has 126 valence electrons. The molecule has 0 saturated carbocycles. The van der Waals surface area contributed by atoms with Crippen molar-refractivity contribution in [2.24, 2.45) is 4.99 Å². The van der Waals surface area contributed by atoms with Gasteiger partial charge in [0, 0.05) is 32.1 Å². The summed E-state index contributed by atoms with van der Waals surface area (Å²) in [5.41, 5.74) is 0. The number of halogens is 1. The van der Waals surface area contributed by atoms with E-state index in [0.29, 0.717) is 6.04 Å². The number of aromatic nitrogens is 3. The molecular formula is C15H29IN6. The zero-order valence-electron chi connectivity index (χ0n) is 14.0. The SMILES string of the molecule is CCc1nncn1CCN=C(NC(C)CC)N1CCCC1.I. The van der Waals surface area contributed by atoms with E-state index in [1.165, 1.54) is 12.8 Å². The standard InChI is InChI=1S/C15H28N6.HI/c1-4-13(3)18-15(20-9-6-7-10-20)16-8-11-21-12-17-19-14(21)5-2;/h12-13H,4-11H2,1-3H3,(H,16,18);1H. The molecule has 0 aliphatic carbocycles. The summed E-state index contributed by atoms with van der Waals surface area (Å²) in [6.07, 6.45) is 6.36. The average Bonchev–Trinajstić information content (AvgIpc) is 3.17. The van der Waals surface area contributed by atoms with Crippen molar-refractivity contribution < 1.29 is 0 Å². The number of aliphatic imine (C=N–C) groups is 1. The van der Waals surface area contributed by atoms with Crippen molar-refractivity contribution in [1.29, 1.82) is 0 Å². The Morgan fingerprint density at radius 2 is 2.09 bits per heavy atom. The van der Waals surface area contributed by atoms with Crippen molar-refractivity contribution in [1.82, 2.24) is 25.0 Å². The Bertz CT molecular complexity index is 453. The predicted octanol–water partition coefficient (Wildman–Crippen LogP) is 2.30. The first-order valence-electron chi connectivity index (χ1n) is 8.17. The lowest BCUT2D eigenvalue weighted by atomic mass is 10.3. The third-order valence-corrected chi connectivity index (χ3v) is 4.01. The molecule has 1 aliphatic rings. The van der Waals surface area contributed by atoms with Crippen LogP contribution in [-0.2, 0) is 13.0 Å². The number of hydrogen-bond donors (Lipinski definition) is 1. The molecule has 1 aromatic rings. The average molecular weight is 420 g/mol. The maximum atomic E-state index is 4.80. The Kier molecular flexibility index (Phi) is 8.74. The first-order valence-corrected chi connectivity index (χ1v) is 8.17. The second-order valence-electron chi connectivity index (χ2n) is 5.65. The number of aryl methyl sites for hydroxylation is 1. The van der Waals surface area contributed by atoms with Gasteiger partial charge in [-0.25, -0.2) is 0 Å². The minimum absolute atomic E-state index is 0. The van der Waals surface area contributed by atoms with Crippen molar-refractivity contribution in [2.75, 3.05) is 19.6 Å². The van der Waals surface area contributed by atoms with E-state index in [1.807, 2.05) is 0 Å².